The van der Waals surface area contributed by atoms with Crippen molar-refractivity contribution in [2.24, 2.45) is 5.92 Å². The summed E-state index contributed by atoms with van der Waals surface area (Å²) in [5.74, 6) is -0.112. The third-order valence-corrected chi connectivity index (χ3v) is 4.66. The quantitative estimate of drug-likeness (QED) is 0.738. The Morgan fingerprint density at radius 2 is 1.75 bits per heavy atom. The predicted molar refractivity (Wildman–Crippen MR) is 91.0 cm³/mol. The molecule has 2 atom stereocenters. The fourth-order valence-electron chi connectivity index (χ4n) is 3.16. The van der Waals surface area contributed by atoms with E-state index < -0.39 is 0 Å². The van der Waals surface area contributed by atoms with Crippen molar-refractivity contribution in [1.82, 2.24) is 10.3 Å². The fraction of sp³-hybridized carbons (Fsp3) is 0.368. The Hall–Kier alpha value is -2.40. The van der Waals surface area contributed by atoms with Gasteiger partial charge in [0.15, 0.2) is 5.78 Å². The minimum Gasteiger partial charge on any atom is -0.393 e. The van der Waals surface area contributed by atoms with Gasteiger partial charge in [-0.1, -0.05) is 25.0 Å². The van der Waals surface area contributed by atoms with Crippen molar-refractivity contribution in [3.63, 3.8) is 0 Å². The van der Waals surface area contributed by atoms with Gasteiger partial charge >= 0.3 is 0 Å². The van der Waals surface area contributed by atoms with Gasteiger partial charge in [-0.05, 0) is 31.0 Å². The lowest BCUT2D eigenvalue weighted by Crippen LogP contribution is -2.36. The summed E-state index contributed by atoms with van der Waals surface area (Å²) in [7, 11) is 0. The number of ketones is 1. The van der Waals surface area contributed by atoms with Crippen LogP contribution in [0, 0.1) is 5.92 Å². The SMILES string of the molecule is O=C(NC[C@H]1CCCC[C@@H]1O)c1ccc(C(=O)c2cc[nH]c2)cc1. The van der Waals surface area contributed by atoms with E-state index in [9.17, 15) is 14.7 Å². The molecule has 0 spiro atoms. The van der Waals surface area contributed by atoms with E-state index >= 15 is 0 Å². The first kappa shape index (κ1) is 16.5. The van der Waals surface area contributed by atoms with Crippen LogP contribution in [-0.2, 0) is 0 Å². The number of carbonyl (C=O) groups excluding carboxylic acids is 2. The number of benzene rings is 1. The van der Waals surface area contributed by atoms with Crippen LogP contribution in [0.2, 0.25) is 0 Å². The van der Waals surface area contributed by atoms with Crippen LogP contribution in [-0.4, -0.2) is 34.4 Å². The summed E-state index contributed by atoms with van der Waals surface area (Å²) in [6, 6.07) is 8.37. The second-order valence-corrected chi connectivity index (χ2v) is 6.33. The van der Waals surface area contributed by atoms with Gasteiger partial charge in [0, 0.05) is 41.5 Å². The lowest BCUT2D eigenvalue weighted by atomic mass is 9.86. The van der Waals surface area contributed by atoms with Crippen molar-refractivity contribution in [3.05, 3.63) is 59.4 Å². The van der Waals surface area contributed by atoms with E-state index in [0.717, 1.165) is 25.7 Å². The molecule has 5 nitrogen and oxygen atoms in total. The maximum atomic E-state index is 12.2. The summed E-state index contributed by atoms with van der Waals surface area (Å²) < 4.78 is 0. The van der Waals surface area contributed by atoms with Crippen LogP contribution in [0.5, 0.6) is 0 Å². The molecule has 1 amide bonds. The number of aliphatic hydroxyl groups excluding tert-OH is 1. The largest absolute Gasteiger partial charge is 0.393 e. The lowest BCUT2D eigenvalue weighted by Gasteiger charge is -2.27. The van der Waals surface area contributed by atoms with Crippen LogP contribution in [0.4, 0.5) is 0 Å². The number of aliphatic hydroxyl groups is 1. The number of nitrogens with one attached hydrogen (secondary N) is 2. The first-order chi connectivity index (χ1) is 11.6. The van der Waals surface area contributed by atoms with Crippen molar-refractivity contribution in [2.45, 2.75) is 31.8 Å². The molecule has 3 rings (SSSR count). The number of hydrogen-bond acceptors (Lipinski definition) is 3. The van der Waals surface area contributed by atoms with Crippen LogP contribution < -0.4 is 5.32 Å². The Balaban J connectivity index is 1.58. The van der Waals surface area contributed by atoms with E-state index in [1.807, 2.05) is 0 Å². The third kappa shape index (κ3) is 3.74. The number of amides is 1. The van der Waals surface area contributed by atoms with Gasteiger partial charge in [0.1, 0.15) is 0 Å². The van der Waals surface area contributed by atoms with Gasteiger partial charge in [0.05, 0.1) is 6.10 Å². The molecule has 1 aliphatic carbocycles. The molecule has 0 bridgehead atoms. The molecular formula is C19H22N2O3. The van der Waals surface area contributed by atoms with Crippen LogP contribution in [0.1, 0.15) is 52.0 Å². The second-order valence-electron chi connectivity index (χ2n) is 6.33. The molecule has 0 aliphatic heterocycles. The molecule has 1 aromatic heterocycles. The Bertz CT molecular complexity index is 692. The van der Waals surface area contributed by atoms with E-state index in [2.05, 4.69) is 10.3 Å². The molecule has 5 heteroatoms. The highest BCUT2D eigenvalue weighted by Gasteiger charge is 2.23. The standard InChI is InChI=1S/C19H22N2O3/c22-17-4-2-1-3-15(17)12-21-19(24)14-7-5-13(6-8-14)18(23)16-9-10-20-11-16/h5-11,15,17,20,22H,1-4,12H2,(H,21,24)/t15-,17+/m1/s1. The van der Waals surface area contributed by atoms with Gasteiger partial charge in [-0.2, -0.15) is 0 Å². The zero-order valence-electron chi connectivity index (χ0n) is 13.5. The lowest BCUT2D eigenvalue weighted by molar-refractivity contribution is 0.0662. The molecule has 1 aliphatic rings. The van der Waals surface area contributed by atoms with Crippen molar-refractivity contribution in [2.75, 3.05) is 6.54 Å². The molecule has 126 valence electrons. The van der Waals surface area contributed by atoms with Crippen molar-refractivity contribution in [1.29, 1.82) is 0 Å². The smallest absolute Gasteiger partial charge is 0.251 e. The fourth-order valence-corrected chi connectivity index (χ4v) is 3.16. The predicted octanol–water partition coefficient (Wildman–Crippen LogP) is 2.53. The average molecular weight is 326 g/mol. The van der Waals surface area contributed by atoms with Gasteiger partial charge in [-0.25, -0.2) is 0 Å². The normalized spacial score (nSPS) is 20.5. The van der Waals surface area contributed by atoms with Gasteiger partial charge in [-0.3, -0.25) is 9.59 Å². The highest BCUT2D eigenvalue weighted by atomic mass is 16.3. The van der Waals surface area contributed by atoms with E-state index in [1.165, 1.54) is 0 Å². The first-order valence-electron chi connectivity index (χ1n) is 8.39. The molecule has 1 aromatic carbocycles. The van der Waals surface area contributed by atoms with Gasteiger partial charge in [-0.15, -0.1) is 0 Å². The third-order valence-electron chi connectivity index (χ3n) is 4.66. The number of rotatable bonds is 5. The topological polar surface area (TPSA) is 82.2 Å². The number of hydrogen-bond donors (Lipinski definition) is 3. The maximum absolute atomic E-state index is 12.2. The molecule has 0 saturated heterocycles. The van der Waals surface area contributed by atoms with Gasteiger partial charge in [0.25, 0.3) is 5.91 Å². The molecule has 1 fully saturated rings. The van der Waals surface area contributed by atoms with Gasteiger partial charge in [0.2, 0.25) is 0 Å². The van der Waals surface area contributed by atoms with Crippen LogP contribution >= 0.6 is 0 Å². The summed E-state index contributed by atoms with van der Waals surface area (Å²) in [5.41, 5.74) is 1.67. The van der Waals surface area contributed by atoms with Crippen LogP contribution in [0.25, 0.3) is 0 Å². The average Bonchev–Trinajstić information content (AvgIpc) is 3.15. The number of aromatic amines is 1. The van der Waals surface area contributed by atoms with Crippen LogP contribution in [0.3, 0.4) is 0 Å². The minimum atomic E-state index is -0.319. The Morgan fingerprint density at radius 1 is 1.04 bits per heavy atom. The molecule has 0 unspecified atom stereocenters. The number of aromatic nitrogens is 1. The summed E-state index contributed by atoms with van der Waals surface area (Å²) >= 11 is 0. The first-order valence-corrected chi connectivity index (χ1v) is 8.39. The Labute approximate surface area is 141 Å². The zero-order valence-corrected chi connectivity index (χ0v) is 13.5. The van der Waals surface area contributed by atoms with Crippen molar-refractivity contribution in [3.8, 4) is 0 Å². The summed E-state index contributed by atoms with van der Waals surface area (Å²) in [4.78, 5) is 27.3. The van der Waals surface area contributed by atoms with Gasteiger partial charge < -0.3 is 15.4 Å². The number of H-pyrrole nitrogens is 1. The van der Waals surface area contributed by atoms with E-state index in [-0.39, 0.29) is 23.7 Å². The molecule has 24 heavy (non-hydrogen) atoms. The minimum absolute atomic E-state index is 0.0754. The van der Waals surface area contributed by atoms with Crippen molar-refractivity contribution >= 4 is 11.7 Å². The molecule has 0 radical (unpaired) electrons. The molecule has 3 N–H and O–H groups in total. The summed E-state index contributed by atoms with van der Waals surface area (Å²) in [5, 5.41) is 12.8. The second kappa shape index (κ2) is 7.45. The van der Waals surface area contributed by atoms with Crippen LogP contribution in [0.15, 0.2) is 42.7 Å². The van der Waals surface area contributed by atoms with E-state index in [1.54, 1.807) is 42.7 Å². The molecule has 1 heterocycles. The number of carbonyl (C=O) groups is 2. The zero-order chi connectivity index (χ0) is 16.9. The molecule has 1 saturated carbocycles. The summed E-state index contributed by atoms with van der Waals surface area (Å²) in [6.07, 6.45) is 6.96. The molecule has 2 aromatic rings. The monoisotopic (exact) mass is 326 g/mol. The maximum Gasteiger partial charge on any atom is 0.251 e. The van der Waals surface area contributed by atoms with E-state index in [4.69, 9.17) is 0 Å². The highest BCUT2D eigenvalue weighted by Crippen LogP contribution is 2.23. The Kier molecular flexibility index (Phi) is 5.11. The summed E-state index contributed by atoms with van der Waals surface area (Å²) in [6.45, 7) is 0.490. The Morgan fingerprint density at radius 3 is 2.42 bits per heavy atom. The van der Waals surface area contributed by atoms with Crippen molar-refractivity contribution < 1.29 is 14.7 Å². The van der Waals surface area contributed by atoms with E-state index in [0.29, 0.717) is 23.2 Å². The highest BCUT2D eigenvalue weighted by molar-refractivity contribution is 6.09. The molecular weight excluding hydrogens is 304 g/mol.